The van der Waals surface area contributed by atoms with Crippen molar-refractivity contribution in [3.63, 3.8) is 0 Å². The van der Waals surface area contributed by atoms with E-state index in [4.69, 9.17) is 20.9 Å². The van der Waals surface area contributed by atoms with Crippen LogP contribution < -0.4 is 64.6 Å². The molecular formula is C62H88N14O21. The molecule has 3 aliphatic rings. The van der Waals surface area contributed by atoms with Gasteiger partial charge in [-0.05, 0) is 64.7 Å². The number of aliphatic hydroxyl groups excluding tert-OH is 6. The summed E-state index contributed by atoms with van der Waals surface area (Å²) in [5, 5.41) is 99.7. The van der Waals surface area contributed by atoms with Gasteiger partial charge in [-0.2, -0.15) is 0 Å². The molecule has 22 N–H and O–H groups in total. The van der Waals surface area contributed by atoms with E-state index in [9.17, 15) is 93.3 Å². The first-order valence-electron chi connectivity index (χ1n) is 31.4. The number of fused-ring (bicyclic) bond motifs is 2. The fraction of sp³-hybridized carbons (Fsp3) is 0.532. The van der Waals surface area contributed by atoms with Gasteiger partial charge in [0.1, 0.15) is 77.8 Å². The molecule has 35 nitrogen and oxygen atoms in total. The van der Waals surface area contributed by atoms with Crippen molar-refractivity contribution in [1.29, 1.82) is 0 Å². The number of amides is 12. The number of nitrogens with zero attached hydrogens (tertiary/aromatic N) is 1. The third kappa shape index (κ3) is 23.1. The number of rotatable bonds is 22. The van der Waals surface area contributed by atoms with Crippen molar-refractivity contribution in [1.82, 2.24) is 63.1 Å². The second-order valence-electron chi connectivity index (χ2n) is 23.3. The Morgan fingerprint density at radius 1 is 0.804 bits per heavy atom. The van der Waals surface area contributed by atoms with E-state index in [2.05, 4.69) is 70.1 Å². The number of nitrogens with two attached hydrogens (primary N) is 2. The Kier molecular flexibility index (Phi) is 30.4. The van der Waals surface area contributed by atoms with Crippen LogP contribution in [0.1, 0.15) is 104 Å². The van der Waals surface area contributed by atoms with Crippen LogP contribution in [0.2, 0.25) is 0 Å². The summed E-state index contributed by atoms with van der Waals surface area (Å²) in [6.07, 6.45) is -3.03. The number of allylic oxidation sites excluding steroid dienone is 5. The molecule has 0 radical (unpaired) electrons. The summed E-state index contributed by atoms with van der Waals surface area (Å²) < 4.78 is 11.1. The highest BCUT2D eigenvalue weighted by Gasteiger charge is 2.43. The molecule has 15 atom stereocenters. The number of carbonyl (C=O) groups excluding carboxylic acids is 12. The first-order chi connectivity index (χ1) is 46.0. The minimum atomic E-state index is -2.25. The van der Waals surface area contributed by atoms with Crippen molar-refractivity contribution in [2.24, 2.45) is 11.5 Å². The van der Waals surface area contributed by atoms with E-state index in [1.807, 2.05) is 6.08 Å². The number of phenolic OH excluding ortho intramolecular Hbond substituents is 1. The van der Waals surface area contributed by atoms with Crippen LogP contribution in [0.25, 0.3) is 11.3 Å². The number of aromatic nitrogens is 2. The lowest BCUT2D eigenvalue weighted by atomic mass is 9.97. The Hall–Kier alpha value is -9.49. The highest BCUT2D eigenvalue weighted by molar-refractivity contribution is 6.04. The molecule has 532 valence electrons. The summed E-state index contributed by atoms with van der Waals surface area (Å²) in [6, 6.07) is -9.64. The fourth-order valence-electron chi connectivity index (χ4n) is 10.2. The van der Waals surface area contributed by atoms with Gasteiger partial charge in [0.15, 0.2) is 12.4 Å². The molecule has 3 aliphatic heterocycles. The Balaban J connectivity index is 1.63. The molecule has 4 heterocycles. The van der Waals surface area contributed by atoms with E-state index < -0.39 is 225 Å². The number of carbonyl (C=O) groups is 12. The highest BCUT2D eigenvalue weighted by Crippen LogP contribution is 2.32. The monoisotopic (exact) mass is 1360 g/mol. The predicted molar refractivity (Wildman–Crippen MR) is 339 cm³/mol. The molecule has 4 bridgehead atoms. The van der Waals surface area contributed by atoms with Gasteiger partial charge in [0.05, 0.1) is 49.8 Å². The molecule has 97 heavy (non-hydrogen) atoms. The minimum absolute atomic E-state index is 0.00419. The largest absolute Gasteiger partial charge is 0.507 e. The van der Waals surface area contributed by atoms with Crippen LogP contribution >= 0.6 is 0 Å². The summed E-state index contributed by atoms with van der Waals surface area (Å²) in [6.45, 7) is 5.26. The number of ether oxygens (including phenoxy) is 2. The summed E-state index contributed by atoms with van der Waals surface area (Å²) in [4.78, 5) is 175. The smallest absolute Gasteiger partial charge is 0.268 e. The molecule has 2 aromatic rings. The van der Waals surface area contributed by atoms with Gasteiger partial charge in [0.2, 0.25) is 53.2 Å². The maximum atomic E-state index is 15.0. The number of aliphatic hydroxyl groups is 6. The molecule has 35 heteroatoms. The summed E-state index contributed by atoms with van der Waals surface area (Å²) in [5.41, 5.74) is 9.41. The molecule has 1 saturated heterocycles. The second-order valence-corrected chi connectivity index (χ2v) is 23.3. The van der Waals surface area contributed by atoms with Crippen LogP contribution in [-0.4, -0.2) is 221 Å². The van der Waals surface area contributed by atoms with E-state index in [1.54, 1.807) is 6.08 Å². The average Bonchev–Trinajstić information content (AvgIpc) is 1.80. The molecule has 0 aliphatic carbocycles. The van der Waals surface area contributed by atoms with Crippen LogP contribution in [0, 0.1) is 0 Å². The van der Waals surface area contributed by atoms with Crippen LogP contribution in [0.3, 0.4) is 0 Å². The maximum Gasteiger partial charge on any atom is 0.268 e. The van der Waals surface area contributed by atoms with Crippen molar-refractivity contribution in [2.45, 2.75) is 197 Å². The number of unbranched alkanes of at least 4 members (excludes halogenated alkanes) is 5. The van der Waals surface area contributed by atoms with Crippen molar-refractivity contribution in [3.05, 3.63) is 83.6 Å². The number of primary amides is 2. The van der Waals surface area contributed by atoms with Crippen LogP contribution in [0.4, 0.5) is 0 Å². The van der Waals surface area contributed by atoms with Crippen molar-refractivity contribution < 1.29 is 103 Å². The molecular weight excluding hydrogens is 1280 g/mol. The van der Waals surface area contributed by atoms with E-state index in [-0.39, 0.29) is 22.5 Å². The topological polar surface area (TPSA) is 566 Å². The molecule has 4 unspecified atom stereocenters. The molecule has 1 aromatic carbocycles. The van der Waals surface area contributed by atoms with E-state index in [0.29, 0.717) is 6.42 Å². The Labute approximate surface area is 556 Å². The predicted octanol–water partition coefficient (Wildman–Crippen LogP) is -6.00. The zero-order chi connectivity index (χ0) is 71.8. The van der Waals surface area contributed by atoms with Gasteiger partial charge < -0.3 is 115 Å². The number of phenols is 1. The normalized spacial score (nSPS) is 26.3. The molecule has 12 amide bonds. The fourth-order valence-corrected chi connectivity index (χ4v) is 10.2. The zero-order valence-electron chi connectivity index (χ0n) is 54.1. The number of benzene rings is 1. The van der Waals surface area contributed by atoms with Gasteiger partial charge in [-0.3, -0.25) is 57.5 Å². The molecule has 1 fully saturated rings. The third-order valence-electron chi connectivity index (χ3n) is 15.7. The van der Waals surface area contributed by atoms with Crippen LogP contribution in [0.5, 0.6) is 5.75 Å². The number of aromatic hydroxyl groups is 1. The second kappa shape index (κ2) is 37.7. The lowest BCUT2D eigenvalue weighted by Crippen LogP contribution is -2.64. The zero-order valence-corrected chi connectivity index (χ0v) is 54.1. The lowest BCUT2D eigenvalue weighted by Gasteiger charge is -2.36. The van der Waals surface area contributed by atoms with Gasteiger partial charge in [0.25, 0.3) is 17.7 Å². The number of imidazole rings is 1. The number of hydrogen-bond donors (Lipinski definition) is 20. The Morgan fingerprint density at radius 2 is 1.51 bits per heavy atom. The molecule has 0 saturated carbocycles. The van der Waals surface area contributed by atoms with E-state index >= 15 is 0 Å². The SMILES string of the molecule is C/C=C1/NC(=O)C2Cc3ccc(O)c(c3)-c3nc[nH]c3C[C@H](NC(=O)C(CCC(N)=O)NC(=O)CNC(=O)C([C@@H](O)CC(N)=O)NC1=O)C(=O)N[C@@H](C)[C@H](NC(=O)/C(=C\C)NC(=O)[C@@H](O)[C@@H](/C=C/C=C/CCCCCCC)OC1OC[C@@H](O)[C@H](O)[C@@H]1O)C(=O)N[C@H]([C@@H](C)O)C(=O)N2. The standard InChI is InChI=1S/C62H88N14O21/c1-6-9-10-11-12-13-14-15-16-17-42(97-62-52(86)50(84)41(80)27-96-62)51(85)61(95)71-34(8-3)53(87)74-46-29(4)68-56(90)38-24-36-48(67-28-66-36)32-22-31(18-20-39(32)78)23-37(73-60(94)47(30(5)77)75-59(46)93)57(91)70-33(7-2)54(88)76-49(40(79)25-44(64)82)58(92)65-26-45(83)69-35(55(89)72-38)19-21-43(63)81/h7-8,14-18,20,22,28-30,35,37-38,40-42,46-47,49-52,62,77-80,84-86H,6,9-13,19,21,23-27H2,1-5H3,(H2,63,81)(H2,64,82)(H,65,92)(H,66,67)(H,68,90)(H,69,83)(H,70,91)(H,71,95)(H,72,89)(H,73,94)(H,74,87)(H,75,93)(H,76,88)/b15-14+,17-16+,33-7+,34-8+/t29-,30+,35?,37?,38-,40-,41+,42+,46-,47+,49?,50-,51-,52-,62?/m0/s1. The molecule has 1 aromatic heterocycles. The summed E-state index contributed by atoms with van der Waals surface area (Å²) in [7, 11) is 0. The van der Waals surface area contributed by atoms with Gasteiger partial charge >= 0.3 is 0 Å². The minimum Gasteiger partial charge on any atom is -0.507 e. The molecule has 5 rings (SSSR count). The number of H-pyrrole nitrogens is 1. The highest BCUT2D eigenvalue weighted by atomic mass is 16.7. The number of nitrogens with one attached hydrogen (secondary N) is 11. The summed E-state index contributed by atoms with van der Waals surface area (Å²) >= 11 is 0. The number of aromatic amines is 1. The Bertz CT molecular complexity index is 3300. The van der Waals surface area contributed by atoms with Crippen molar-refractivity contribution >= 4 is 70.9 Å². The molecule has 0 spiro atoms. The number of hydrogen-bond acceptors (Lipinski definition) is 22. The van der Waals surface area contributed by atoms with E-state index in [1.165, 1.54) is 44.2 Å². The van der Waals surface area contributed by atoms with Crippen molar-refractivity contribution in [3.8, 4) is 17.0 Å². The lowest BCUT2D eigenvalue weighted by molar-refractivity contribution is -0.283. The van der Waals surface area contributed by atoms with Crippen molar-refractivity contribution in [2.75, 3.05) is 13.2 Å². The first kappa shape index (κ1) is 78.2. The van der Waals surface area contributed by atoms with Gasteiger partial charge in [-0.15, -0.1) is 0 Å². The van der Waals surface area contributed by atoms with Crippen LogP contribution in [0.15, 0.2) is 72.4 Å². The Morgan fingerprint density at radius 3 is 2.18 bits per heavy atom. The summed E-state index contributed by atoms with van der Waals surface area (Å²) in [5.74, 6) is -15.2. The maximum absolute atomic E-state index is 15.0. The quantitative estimate of drug-likeness (QED) is 0.0296. The van der Waals surface area contributed by atoms with E-state index in [0.717, 1.165) is 64.4 Å². The average molecular weight is 1370 g/mol. The van der Waals surface area contributed by atoms with Gasteiger partial charge in [0, 0.05) is 30.5 Å². The van der Waals surface area contributed by atoms with Gasteiger partial charge in [-0.1, -0.05) is 75.1 Å². The third-order valence-corrected chi connectivity index (χ3v) is 15.7. The van der Waals surface area contributed by atoms with Gasteiger partial charge in [-0.25, -0.2) is 4.98 Å². The first-order valence-corrected chi connectivity index (χ1v) is 31.4. The van der Waals surface area contributed by atoms with Crippen LogP contribution in [-0.2, 0) is 79.8 Å².